The Morgan fingerprint density at radius 3 is 2.72 bits per heavy atom. The van der Waals surface area contributed by atoms with Crippen LogP contribution in [0.1, 0.15) is 5.56 Å². The lowest BCUT2D eigenvalue weighted by molar-refractivity contribution is 0.306. The zero-order valence-electron chi connectivity index (χ0n) is 9.89. The molecule has 0 bridgehead atoms. The van der Waals surface area contributed by atoms with Crippen LogP contribution in [-0.4, -0.2) is 4.98 Å². The van der Waals surface area contributed by atoms with Crippen LogP contribution in [0.15, 0.2) is 54.7 Å². The molecular weight excluding hydrogens is 224 g/mol. The van der Waals surface area contributed by atoms with Gasteiger partial charge in [-0.3, -0.25) is 0 Å². The van der Waals surface area contributed by atoms with Gasteiger partial charge < -0.3 is 15.5 Å². The Hall–Kier alpha value is -2.42. The van der Waals surface area contributed by atoms with Gasteiger partial charge in [0.1, 0.15) is 12.4 Å². The second kappa shape index (κ2) is 4.45. The minimum absolute atomic E-state index is 0.572. The van der Waals surface area contributed by atoms with Gasteiger partial charge in [0, 0.05) is 17.6 Å². The van der Waals surface area contributed by atoms with Crippen LogP contribution in [0.4, 0.5) is 5.69 Å². The second-order valence-electron chi connectivity index (χ2n) is 4.23. The van der Waals surface area contributed by atoms with E-state index in [0.29, 0.717) is 6.61 Å². The monoisotopic (exact) mass is 238 g/mol. The first-order valence-electron chi connectivity index (χ1n) is 5.86. The molecule has 0 aliphatic heterocycles. The zero-order valence-corrected chi connectivity index (χ0v) is 9.89. The van der Waals surface area contributed by atoms with E-state index in [1.54, 1.807) is 6.20 Å². The third-order valence-electron chi connectivity index (χ3n) is 2.93. The minimum atomic E-state index is 0.572. The predicted molar refractivity (Wildman–Crippen MR) is 73.5 cm³/mol. The number of nitrogens with two attached hydrogens (primary N) is 1. The van der Waals surface area contributed by atoms with Gasteiger partial charge in [-0.1, -0.05) is 30.3 Å². The quantitative estimate of drug-likeness (QED) is 0.735. The molecule has 0 aliphatic carbocycles. The van der Waals surface area contributed by atoms with E-state index in [1.165, 1.54) is 0 Å². The van der Waals surface area contributed by atoms with Gasteiger partial charge in [0.05, 0.1) is 11.2 Å². The van der Waals surface area contributed by atoms with Gasteiger partial charge in [0.15, 0.2) is 0 Å². The maximum Gasteiger partial charge on any atom is 0.121 e. The lowest BCUT2D eigenvalue weighted by atomic mass is 10.2. The fraction of sp³-hybridized carbons (Fsp3) is 0.0667. The minimum Gasteiger partial charge on any atom is -0.489 e. The maximum atomic E-state index is 5.82. The van der Waals surface area contributed by atoms with Crippen molar-refractivity contribution in [2.45, 2.75) is 6.61 Å². The number of aromatic nitrogens is 1. The molecule has 0 spiro atoms. The Labute approximate surface area is 105 Å². The molecule has 3 nitrogen and oxygen atoms in total. The first-order chi connectivity index (χ1) is 8.83. The van der Waals surface area contributed by atoms with Crippen LogP contribution in [0.2, 0.25) is 0 Å². The summed E-state index contributed by atoms with van der Waals surface area (Å²) in [5.41, 5.74) is 8.74. The number of hydrogen-bond donors (Lipinski definition) is 2. The van der Waals surface area contributed by atoms with Gasteiger partial charge >= 0.3 is 0 Å². The molecule has 2 aromatic carbocycles. The highest BCUT2D eigenvalue weighted by atomic mass is 16.5. The number of nitrogens with one attached hydrogen (secondary N) is 1. The summed E-state index contributed by atoms with van der Waals surface area (Å²) in [7, 11) is 0. The SMILES string of the molecule is Nc1c[nH]c2cc(OCc3ccccc3)ccc12. The molecule has 3 aromatic rings. The number of H-pyrrole nitrogens is 1. The number of fused-ring (bicyclic) bond motifs is 1. The molecule has 0 saturated carbocycles. The fourth-order valence-electron chi connectivity index (χ4n) is 1.96. The molecule has 18 heavy (non-hydrogen) atoms. The van der Waals surface area contributed by atoms with Crippen molar-refractivity contribution in [1.82, 2.24) is 4.98 Å². The van der Waals surface area contributed by atoms with Crippen molar-refractivity contribution < 1.29 is 4.74 Å². The highest BCUT2D eigenvalue weighted by Crippen LogP contribution is 2.25. The van der Waals surface area contributed by atoms with E-state index in [0.717, 1.165) is 27.9 Å². The third kappa shape index (κ3) is 2.02. The molecule has 0 fully saturated rings. The molecule has 0 atom stereocenters. The molecule has 0 radical (unpaired) electrons. The van der Waals surface area contributed by atoms with Gasteiger partial charge in [0.25, 0.3) is 0 Å². The van der Waals surface area contributed by atoms with Crippen molar-refractivity contribution in [3.8, 4) is 5.75 Å². The summed E-state index contributed by atoms with van der Waals surface area (Å²) in [6.45, 7) is 0.572. The Balaban J connectivity index is 1.79. The van der Waals surface area contributed by atoms with E-state index in [1.807, 2.05) is 48.5 Å². The number of ether oxygens (including phenoxy) is 1. The first-order valence-corrected chi connectivity index (χ1v) is 5.86. The second-order valence-corrected chi connectivity index (χ2v) is 4.23. The van der Waals surface area contributed by atoms with Gasteiger partial charge in [-0.15, -0.1) is 0 Å². The molecular formula is C15H14N2O. The van der Waals surface area contributed by atoms with Gasteiger partial charge in [-0.25, -0.2) is 0 Å². The van der Waals surface area contributed by atoms with Gasteiger partial charge in [-0.05, 0) is 17.7 Å². The van der Waals surface area contributed by atoms with E-state index in [4.69, 9.17) is 10.5 Å². The first kappa shape index (κ1) is 10.7. The Morgan fingerprint density at radius 1 is 1.06 bits per heavy atom. The molecule has 1 heterocycles. The van der Waals surface area contributed by atoms with Gasteiger partial charge in [0.2, 0.25) is 0 Å². The standard InChI is InChI=1S/C15H14N2O/c16-14-9-17-15-8-12(6-7-13(14)15)18-10-11-4-2-1-3-5-11/h1-9,17H,10,16H2. The van der Waals surface area contributed by atoms with Crippen molar-refractivity contribution in [3.63, 3.8) is 0 Å². The molecule has 0 aliphatic rings. The van der Waals surface area contributed by atoms with E-state index < -0.39 is 0 Å². The number of nitrogen functional groups attached to an aromatic ring is 1. The maximum absolute atomic E-state index is 5.82. The topological polar surface area (TPSA) is 51.0 Å². The molecule has 3 heteroatoms. The van der Waals surface area contributed by atoms with Gasteiger partial charge in [-0.2, -0.15) is 0 Å². The summed E-state index contributed by atoms with van der Waals surface area (Å²) in [4.78, 5) is 3.12. The lowest BCUT2D eigenvalue weighted by Crippen LogP contribution is -1.94. The van der Waals surface area contributed by atoms with E-state index in [2.05, 4.69) is 4.98 Å². The number of aromatic amines is 1. The average molecular weight is 238 g/mol. The van der Waals surface area contributed by atoms with E-state index in [9.17, 15) is 0 Å². The number of anilines is 1. The highest BCUT2D eigenvalue weighted by molar-refractivity contribution is 5.91. The van der Waals surface area contributed by atoms with Crippen molar-refractivity contribution in [2.24, 2.45) is 0 Å². The van der Waals surface area contributed by atoms with Crippen LogP contribution in [0, 0.1) is 0 Å². The molecule has 0 unspecified atom stereocenters. The number of hydrogen-bond acceptors (Lipinski definition) is 2. The van der Waals surface area contributed by atoms with E-state index in [-0.39, 0.29) is 0 Å². The molecule has 90 valence electrons. The van der Waals surface area contributed by atoms with Crippen LogP contribution < -0.4 is 10.5 Å². The molecule has 0 saturated heterocycles. The summed E-state index contributed by atoms with van der Waals surface area (Å²) in [6.07, 6.45) is 1.80. The largest absolute Gasteiger partial charge is 0.489 e. The third-order valence-corrected chi connectivity index (χ3v) is 2.93. The summed E-state index contributed by atoms with van der Waals surface area (Å²) >= 11 is 0. The normalized spacial score (nSPS) is 10.7. The molecule has 0 amide bonds. The van der Waals surface area contributed by atoms with Crippen LogP contribution in [0.5, 0.6) is 5.75 Å². The highest BCUT2D eigenvalue weighted by Gasteiger charge is 2.02. The van der Waals surface area contributed by atoms with Crippen LogP contribution in [0.25, 0.3) is 10.9 Å². The van der Waals surface area contributed by atoms with E-state index >= 15 is 0 Å². The zero-order chi connectivity index (χ0) is 12.4. The Morgan fingerprint density at radius 2 is 1.89 bits per heavy atom. The molecule has 1 aromatic heterocycles. The Kier molecular flexibility index (Phi) is 2.65. The summed E-state index contributed by atoms with van der Waals surface area (Å²) in [5, 5.41) is 1.03. The summed E-state index contributed by atoms with van der Waals surface area (Å²) in [6, 6.07) is 16.0. The number of rotatable bonds is 3. The lowest BCUT2D eigenvalue weighted by Gasteiger charge is -2.06. The van der Waals surface area contributed by atoms with Crippen LogP contribution >= 0.6 is 0 Å². The average Bonchev–Trinajstić information content (AvgIpc) is 2.79. The Bertz CT molecular complexity index is 659. The predicted octanol–water partition coefficient (Wildman–Crippen LogP) is 3.33. The van der Waals surface area contributed by atoms with Crippen molar-refractivity contribution in [3.05, 3.63) is 60.3 Å². The molecule has 3 rings (SSSR count). The van der Waals surface area contributed by atoms with Crippen molar-refractivity contribution in [1.29, 1.82) is 0 Å². The smallest absolute Gasteiger partial charge is 0.121 e. The van der Waals surface area contributed by atoms with Crippen LogP contribution in [-0.2, 0) is 6.61 Å². The summed E-state index contributed by atoms with van der Waals surface area (Å²) < 4.78 is 5.75. The summed E-state index contributed by atoms with van der Waals surface area (Å²) in [5.74, 6) is 0.841. The van der Waals surface area contributed by atoms with Crippen molar-refractivity contribution in [2.75, 3.05) is 5.73 Å². The van der Waals surface area contributed by atoms with Crippen LogP contribution in [0.3, 0.4) is 0 Å². The molecule has 3 N–H and O–H groups in total. The fourth-order valence-corrected chi connectivity index (χ4v) is 1.96. The van der Waals surface area contributed by atoms with Crippen molar-refractivity contribution >= 4 is 16.6 Å². The number of benzene rings is 2.